The van der Waals surface area contributed by atoms with Crippen molar-refractivity contribution in [2.24, 2.45) is 13.0 Å². The highest BCUT2D eigenvalue weighted by Crippen LogP contribution is 2.37. The molecule has 0 bridgehead atoms. The number of para-hydroxylation sites is 1. The molecule has 5 aromatic rings. The van der Waals surface area contributed by atoms with Crippen molar-refractivity contribution in [3.05, 3.63) is 82.2 Å². The van der Waals surface area contributed by atoms with Gasteiger partial charge in [0.1, 0.15) is 17.6 Å². The Morgan fingerprint density at radius 2 is 1.76 bits per heavy atom. The zero-order chi connectivity index (χ0) is 38.6. The predicted octanol–water partition coefficient (Wildman–Crippen LogP) is 5.48. The first-order valence-electron chi connectivity index (χ1n) is 18.5. The van der Waals surface area contributed by atoms with Crippen LogP contribution in [0.3, 0.4) is 0 Å². The highest BCUT2D eigenvalue weighted by Gasteiger charge is 2.35. The van der Waals surface area contributed by atoms with Gasteiger partial charge in [-0.25, -0.2) is 14.2 Å². The van der Waals surface area contributed by atoms with E-state index in [0.29, 0.717) is 35.0 Å². The molecule has 55 heavy (non-hydrogen) atoms. The molecule has 3 fully saturated rings. The molecule has 288 valence electrons. The number of imidazole rings is 1. The summed E-state index contributed by atoms with van der Waals surface area (Å²) in [6.07, 6.45) is 4.60. The van der Waals surface area contributed by atoms with Gasteiger partial charge in [0, 0.05) is 37.7 Å². The molecule has 5 heterocycles. The molecule has 1 aliphatic carbocycles. The van der Waals surface area contributed by atoms with Crippen molar-refractivity contribution in [3.63, 3.8) is 0 Å². The number of hydrogen-bond donors (Lipinski definition) is 2. The van der Waals surface area contributed by atoms with E-state index in [9.17, 15) is 36.7 Å². The number of halogens is 4. The summed E-state index contributed by atoms with van der Waals surface area (Å²) in [5.41, 5.74) is 0.697. The first kappa shape index (κ1) is 36.5. The van der Waals surface area contributed by atoms with Crippen LogP contribution in [0.2, 0.25) is 0 Å². The lowest BCUT2D eigenvalue weighted by Crippen LogP contribution is -2.44. The van der Waals surface area contributed by atoms with Crippen molar-refractivity contribution in [3.8, 4) is 0 Å². The Hall–Kier alpha value is -5.45. The molecule has 17 heteroatoms. The number of piperidine rings is 2. The van der Waals surface area contributed by atoms with Crippen LogP contribution in [-0.2, 0) is 22.8 Å². The number of carbonyl (C=O) groups excluding carboxylic acids is 3. The van der Waals surface area contributed by atoms with Gasteiger partial charge in [0.2, 0.25) is 11.8 Å². The number of amides is 3. The molecule has 3 aromatic heterocycles. The molecule has 2 saturated heterocycles. The van der Waals surface area contributed by atoms with Crippen LogP contribution in [0, 0.1) is 11.7 Å². The molecule has 8 rings (SSSR count). The van der Waals surface area contributed by atoms with Crippen molar-refractivity contribution < 1.29 is 31.9 Å². The SMILES string of the molecule is Cn1c(=O)n(C2CCC(=O)NC2=O)c2cccc(C3CCN(C[C@H]4CC[C@H](n5cc6cc(NC(=O)c7cncc(C(F)(F)F)n7)c(F)cc6n5)CC4)CC3)c21. The van der Waals surface area contributed by atoms with Gasteiger partial charge in [0.15, 0.2) is 5.69 Å². The van der Waals surface area contributed by atoms with Gasteiger partial charge in [0.25, 0.3) is 5.91 Å². The molecule has 3 amide bonds. The van der Waals surface area contributed by atoms with Crippen LogP contribution in [0.15, 0.2) is 53.7 Å². The number of imide groups is 1. The third kappa shape index (κ3) is 7.12. The minimum Gasteiger partial charge on any atom is -0.318 e. The lowest BCUT2D eigenvalue weighted by Gasteiger charge is -2.37. The average Bonchev–Trinajstić information content (AvgIpc) is 3.69. The van der Waals surface area contributed by atoms with Crippen LogP contribution in [0.1, 0.15) is 91.1 Å². The normalized spacial score (nSPS) is 21.7. The molecule has 1 atom stereocenters. The standard InChI is InChI=1S/C38H39F4N9O4/c1-48-34-25(3-2-4-30(34)51(37(48)55)31-9-10-33(52)46-36(31)54)22-11-13-49(14-12-22)19-21-5-7-24(8-6-21)50-20-23-15-28(26(39)16-27(23)47-50)45-35(53)29-17-43-18-32(44-29)38(40,41)42/h2-4,15-18,20-22,24,31H,5-14,19H2,1H3,(H,45,53)(H,46,52,54)/t21-,24-,31?. The highest BCUT2D eigenvalue weighted by molar-refractivity contribution is 6.04. The molecule has 1 unspecified atom stereocenters. The summed E-state index contributed by atoms with van der Waals surface area (Å²) in [6, 6.07) is 7.91. The maximum Gasteiger partial charge on any atom is 0.434 e. The molecule has 0 spiro atoms. The Morgan fingerprint density at radius 3 is 2.49 bits per heavy atom. The van der Waals surface area contributed by atoms with Gasteiger partial charge in [0.05, 0.1) is 40.7 Å². The van der Waals surface area contributed by atoms with E-state index in [2.05, 4.69) is 36.7 Å². The second-order valence-corrected chi connectivity index (χ2v) is 14.9. The lowest BCUT2D eigenvalue weighted by molar-refractivity contribution is -0.141. The van der Waals surface area contributed by atoms with Crippen molar-refractivity contribution >= 4 is 45.3 Å². The van der Waals surface area contributed by atoms with E-state index in [1.807, 2.05) is 16.8 Å². The number of benzene rings is 2. The van der Waals surface area contributed by atoms with Crippen molar-refractivity contribution in [2.75, 3.05) is 25.0 Å². The topological polar surface area (TPSA) is 149 Å². The van der Waals surface area contributed by atoms with Crippen LogP contribution < -0.4 is 16.3 Å². The fraction of sp³-hybridized carbons (Fsp3) is 0.447. The monoisotopic (exact) mass is 761 g/mol. The molecule has 2 aliphatic heterocycles. The van der Waals surface area contributed by atoms with Crippen molar-refractivity contribution in [1.29, 1.82) is 0 Å². The summed E-state index contributed by atoms with van der Waals surface area (Å²) in [4.78, 5) is 59.7. The fourth-order valence-electron chi connectivity index (χ4n) is 8.56. The Balaban J connectivity index is 0.868. The van der Waals surface area contributed by atoms with Crippen LogP contribution in [0.5, 0.6) is 0 Å². The van der Waals surface area contributed by atoms with Crippen molar-refractivity contribution in [2.45, 2.75) is 75.5 Å². The number of nitrogens with one attached hydrogen (secondary N) is 2. The van der Waals surface area contributed by atoms with Crippen LogP contribution in [0.4, 0.5) is 23.2 Å². The van der Waals surface area contributed by atoms with E-state index in [-0.39, 0.29) is 35.7 Å². The molecule has 0 radical (unpaired) electrons. The first-order chi connectivity index (χ1) is 26.3. The van der Waals surface area contributed by atoms with E-state index in [1.165, 1.54) is 16.7 Å². The van der Waals surface area contributed by atoms with Crippen molar-refractivity contribution in [1.82, 2.24) is 39.1 Å². The zero-order valence-corrected chi connectivity index (χ0v) is 30.0. The number of hydrogen-bond acceptors (Lipinski definition) is 8. The molecule has 13 nitrogen and oxygen atoms in total. The number of rotatable bonds is 7. The minimum atomic E-state index is -4.78. The van der Waals surface area contributed by atoms with E-state index in [0.717, 1.165) is 75.4 Å². The third-order valence-electron chi connectivity index (χ3n) is 11.4. The van der Waals surface area contributed by atoms with Gasteiger partial charge < -0.3 is 10.2 Å². The fourth-order valence-corrected chi connectivity index (χ4v) is 8.56. The van der Waals surface area contributed by atoms with Crippen LogP contribution in [0.25, 0.3) is 21.9 Å². The summed E-state index contributed by atoms with van der Waals surface area (Å²) in [5, 5.41) is 9.87. The maximum atomic E-state index is 15.0. The number of anilines is 1. The number of nitrogens with zero attached hydrogens (tertiary/aromatic N) is 7. The molecular weight excluding hydrogens is 722 g/mol. The quantitative estimate of drug-likeness (QED) is 0.164. The van der Waals surface area contributed by atoms with E-state index < -0.39 is 41.2 Å². The molecule has 3 aliphatic rings. The Bertz CT molecular complexity index is 2370. The number of likely N-dealkylation sites (tertiary alicyclic amines) is 1. The average molecular weight is 762 g/mol. The smallest absolute Gasteiger partial charge is 0.318 e. The third-order valence-corrected chi connectivity index (χ3v) is 11.4. The van der Waals surface area contributed by atoms with E-state index in [1.54, 1.807) is 17.8 Å². The Kier molecular flexibility index (Phi) is 9.51. The summed E-state index contributed by atoms with van der Waals surface area (Å²) >= 11 is 0. The van der Waals surface area contributed by atoms with Gasteiger partial charge in [-0.2, -0.15) is 18.3 Å². The number of carbonyl (C=O) groups is 3. The van der Waals surface area contributed by atoms with Crippen LogP contribution in [-0.4, -0.2) is 71.1 Å². The molecule has 2 N–H and O–H groups in total. The molecule has 1 saturated carbocycles. The summed E-state index contributed by atoms with van der Waals surface area (Å²) in [5.74, 6) is -1.77. The summed E-state index contributed by atoms with van der Waals surface area (Å²) in [7, 11) is 1.74. The predicted molar refractivity (Wildman–Crippen MR) is 193 cm³/mol. The van der Waals surface area contributed by atoms with Gasteiger partial charge in [-0.1, -0.05) is 12.1 Å². The number of aryl methyl sites for hydroxylation is 1. The second kappa shape index (κ2) is 14.3. The summed E-state index contributed by atoms with van der Waals surface area (Å²) in [6.45, 7) is 2.84. The molecule has 2 aromatic carbocycles. The van der Waals surface area contributed by atoms with Gasteiger partial charge in [-0.3, -0.25) is 38.5 Å². The second-order valence-electron chi connectivity index (χ2n) is 14.9. The Labute approximate surface area is 311 Å². The van der Waals surface area contributed by atoms with Gasteiger partial charge >= 0.3 is 11.9 Å². The van der Waals surface area contributed by atoms with E-state index >= 15 is 0 Å². The largest absolute Gasteiger partial charge is 0.434 e. The molecular formula is C38H39F4N9O4. The minimum absolute atomic E-state index is 0.121. The lowest BCUT2D eigenvalue weighted by atomic mass is 9.84. The van der Waals surface area contributed by atoms with Gasteiger partial charge in [-0.05, 0) is 87.6 Å². The van der Waals surface area contributed by atoms with E-state index in [4.69, 9.17) is 0 Å². The number of alkyl halides is 3. The summed E-state index contributed by atoms with van der Waals surface area (Å²) < 4.78 is 59.1. The Morgan fingerprint density at radius 1 is 1.00 bits per heavy atom. The maximum absolute atomic E-state index is 15.0. The highest BCUT2D eigenvalue weighted by atomic mass is 19.4. The zero-order valence-electron chi connectivity index (χ0n) is 30.0. The number of aromatic nitrogens is 6. The van der Waals surface area contributed by atoms with Gasteiger partial charge in [-0.15, -0.1) is 0 Å². The number of fused-ring (bicyclic) bond motifs is 2. The van der Waals surface area contributed by atoms with Crippen LogP contribution >= 0.6 is 0 Å². The first-order valence-corrected chi connectivity index (χ1v) is 18.5.